The minimum Gasteiger partial charge on any atom is -0.318 e. The van der Waals surface area contributed by atoms with Crippen LogP contribution in [0.1, 0.15) is 64.9 Å². The van der Waals surface area contributed by atoms with Gasteiger partial charge in [0, 0.05) is 11.4 Å². The number of anilines is 1. The minimum atomic E-state index is -0.748. The van der Waals surface area contributed by atoms with Crippen LogP contribution >= 0.6 is 0 Å². The second-order valence-electron chi connectivity index (χ2n) is 5.85. The number of carbonyl (C=O) groups is 2. The van der Waals surface area contributed by atoms with Crippen LogP contribution in [0.15, 0.2) is 29.4 Å². The average molecular weight is 317 g/mol. The number of hydrogen-bond acceptors (Lipinski definition) is 3. The Morgan fingerprint density at radius 1 is 1.00 bits per heavy atom. The van der Waals surface area contributed by atoms with E-state index in [0.717, 1.165) is 31.4 Å². The molecule has 0 saturated heterocycles. The van der Waals surface area contributed by atoms with Gasteiger partial charge in [-0.1, -0.05) is 52.7 Å². The molecule has 0 saturated carbocycles. The number of rotatable bonds is 7. The summed E-state index contributed by atoms with van der Waals surface area (Å²) in [5.41, 5.74) is 5.03. The van der Waals surface area contributed by atoms with Crippen LogP contribution in [-0.4, -0.2) is 17.5 Å². The first-order valence-corrected chi connectivity index (χ1v) is 8.24. The molecule has 0 spiro atoms. The number of amides is 2. The largest absolute Gasteiger partial charge is 0.329 e. The molecule has 0 radical (unpaired) electrons. The lowest BCUT2D eigenvalue weighted by atomic mass is 10.0. The van der Waals surface area contributed by atoms with Gasteiger partial charge >= 0.3 is 11.8 Å². The Morgan fingerprint density at radius 2 is 1.57 bits per heavy atom. The maximum Gasteiger partial charge on any atom is 0.329 e. The molecule has 23 heavy (non-hydrogen) atoms. The maximum atomic E-state index is 11.9. The molecule has 2 N–H and O–H groups in total. The molecule has 2 amide bonds. The third-order valence-corrected chi connectivity index (χ3v) is 3.43. The lowest BCUT2D eigenvalue weighted by molar-refractivity contribution is -0.136. The Hall–Kier alpha value is -2.17. The smallest absolute Gasteiger partial charge is 0.318 e. The number of hydrazone groups is 1. The SMILES string of the molecule is CCCC(CCC)=NNC(=O)C(=O)Nc1ccc(C(C)C)cc1. The summed E-state index contributed by atoms with van der Waals surface area (Å²) in [4.78, 5) is 23.7. The summed E-state index contributed by atoms with van der Waals surface area (Å²) in [5.74, 6) is -1.03. The lowest BCUT2D eigenvalue weighted by Crippen LogP contribution is -2.33. The van der Waals surface area contributed by atoms with E-state index in [1.165, 1.54) is 5.56 Å². The molecule has 1 aromatic carbocycles. The van der Waals surface area contributed by atoms with Crippen molar-refractivity contribution in [2.75, 3.05) is 5.32 Å². The van der Waals surface area contributed by atoms with Crippen LogP contribution < -0.4 is 10.7 Å². The van der Waals surface area contributed by atoms with E-state index < -0.39 is 11.8 Å². The van der Waals surface area contributed by atoms with Crippen LogP contribution in [0.25, 0.3) is 0 Å². The summed E-state index contributed by atoms with van der Waals surface area (Å²) >= 11 is 0. The van der Waals surface area contributed by atoms with Crippen molar-refractivity contribution in [1.29, 1.82) is 0 Å². The molecule has 0 aromatic heterocycles. The Labute approximate surface area is 138 Å². The standard InChI is InChI=1S/C18H27N3O2/c1-5-7-16(8-6-2)20-21-18(23)17(22)19-15-11-9-14(10-12-15)13(3)4/h9-13H,5-8H2,1-4H3,(H,19,22)(H,21,23). The molecule has 0 unspecified atom stereocenters. The van der Waals surface area contributed by atoms with Gasteiger partial charge in [-0.3, -0.25) is 9.59 Å². The van der Waals surface area contributed by atoms with Gasteiger partial charge in [-0.2, -0.15) is 5.10 Å². The van der Waals surface area contributed by atoms with Gasteiger partial charge in [-0.15, -0.1) is 0 Å². The van der Waals surface area contributed by atoms with Crippen LogP contribution in [0.5, 0.6) is 0 Å². The zero-order chi connectivity index (χ0) is 17.2. The van der Waals surface area contributed by atoms with E-state index in [1.807, 2.05) is 12.1 Å². The molecule has 5 heteroatoms. The van der Waals surface area contributed by atoms with Gasteiger partial charge in [0.25, 0.3) is 0 Å². The fourth-order valence-electron chi connectivity index (χ4n) is 2.13. The molecule has 126 valence electrons. The van der Waals surface area contributed by atoms with Gasteiger partial charge in [0.05, 0.1) is 0 Å². The van der Waals surface area contributed by atoms with E-state index in [4.69, 9.17) is 0 Å². The van der Waals surface area contributed by atoms with Gasteiger partial charge in [0.15, 0.2) is 0 Å². The van der Waals surface area contributed by atoms with Crippen molar-refractivity contribution < 1.29 is 9.59 Å². The highest BCUT2D eigenvalue weighted by atomic mass is 16.2. The maximum absolute atomic E-state index is 11.9. The predicted octanol–water partition coefficient (Wildman–Crippen LogP) is 3.82. The Bertz CT molecular complexity index is 540. The number of nitrogens with one attached hydrogen (secondary N) is 2. The first kappa shape index (κ1) is 18.9. The highest BCUT2D eigenvalue weighted by Crippen LogP contribution is 2.16. The fourth-order valence-corrected chi connectivity index (χ4v) is 2.13. The van der Waals surface area contributed by atoms with Gasteiger partial charge in [-0.25, -0.2) is 5.43 Å². The first-order chi connectivity index (χ1) is 11.0. The molecular formula is C18H27N3O2. The van der Waals surface area contributed by atoms with Crippen LogP contribution in [0.2, 0.25) is 0 Å². The Balaban J connectivity index is 2.59. The van der Waals surface area contributed by atoms with E-state index in [-0.39, 0.29) is 0 Å². The van der Waals surface area contributed by atoms with E-state index >= 15 is 0 Å². The molecule has 0 aliphatic carbocycles. The quantitative estimate of drug-likeness (QED) is 0.456. The zero-order valence-electron chi connectivity index (χ0n) is 14.5. The molecule has 0 aliphatic heterocycles. The topological polar surface area (TPSA) is 70.6 Å². The third kappa shape index (κ3) is 6.63. The molecule has 5 nitrogen and oxygen atoms in total. The zero-order valence-corrected chi connectivity index (χ0v) is 14.5. The van der Waals surface area contributed by atoms with Crippen molar-refractivity contribution in [1.82, 2.24) is 5.43 Å². The average Bonchev–Trinajstić information content (AvgIpc) is 2.53. The van der Waals surface area contributed by atoms with Crippen LogP contribution in [0.3, 0.4) is 0 Å². The van der Waals surface area contributed by atoms with Gasteiger partial charge in [0.2, 0.25) is 0 Å². The third-order valence-electron chi connectivity index (χ3n) is 3.43. The van der Waals surface area contributed by atoms with E-state index in [2.05, 4.69) is 43.5 Å². The molecule has 0 fully saturated rings. The van der Waals surface area contributed by atoms with E-state index in [0.29, 0.717) is 11.6 Å². The summed E-state index contributed by atoms with van der Waals surface area (Å²) in [6, 6.07) is 7.47. The van der Waals surface area contributed by atoms with Crippen molar-refractivity contribution >= 4 is 23.2 Å². The number of carbonyl (C=O) groups excluding carboxylic acids is 2. The summed E-state index contributed by atoms with van der Waals surface area (Å²) in [7, 11) is 0. The summed E-state index contributed by atoms with van der Waals surface area (Å²) in [6.07, 6.45) is 3.57. The van der Waals surface area contributed by atoms with Crippen molar-refractivity contribution in [3.8, 4) is 0 Å². The van der Waals surface area contributed by atoms with Crippen molar-refractivity contribution in [2.45, 2.75) is 59.3 Å². The summed E-state index contributed by atoms with van der Waals surface area (Å²) in [6.45, 7) is 8.31. The molecule has 0 atom stereocenters. The van der Waals surface area contributed by atoms with Crippen molar-refractivity contribution in [3.63, 3.8) is 0 Å². The second kappa shape index (κ2) is 9.77. The van der Waals surface area contributed by atoms with E-state index in [9.17, 15) is 9.59 Å². The molecule has 1 rings (SSSR count). The summed E-state index contributed by atoms with van der Waals surface area (Å²) < 4.78 is 0. The number of hydrogen-bond donors (Lipinski definition) is 2. The van der Waals surface area contributed by atoms with Gasteiger partial charge in [-0.05, 0) is 36.5 Å². The monoisotopic (exact) mass is 317 g/mol. The Kier molecular flexibility index (Phi) is 8.02. The fraction of sp³-hybridized carbons (Fsp3) is 0.500. The minimum absolute atomic E-state index is 0.424. The van der Waals surface area contributed by atoms with Gasteiger partial charge < -0.3 is 5.32 Å². The summed E-state index contributed by atoms with van der Waals surface area (Å²) in [5, 5.41) is 6.63. The second-order valence-corrected chi connectivity index (χ2v) is 5.85. The van der Waals surface area contributed by atoms with Crippen LogP contribution in [-0.2, 0) is 9.59 Å². The molecular weight excluding hydrogens is 290 g/mol. The number of nitrogens with zero attached hydrogens (tertiary/aromatic N) is 1. The van der Waals surface area contributed by atoms with Crippen LogP contribution in [0.4, 0.5) is 5.69 Å². The molecule has 0 bridgehead atoms. The molecule has 1 aromatic rings. The lowest BCUT2D eigenvalue weighted by Gasteiger charge is -2.08. The van der Waals surface area contributed by atoms with E-state index in [1.54, 1.807) is 12.1 Å². The first-order valence-electron chi connectivity index (χ1n) is 8.24. The highest BCUT2D eigenvalue weighted by molar-refractivity contribution is 6.39. The molecule has 0 heterocycles. The normalized spacial score (nSPS) is 10.3. The highest BCUT2D eigenvalue weighted by Gasteiger charge is 2.13. The van der Waals surface area contributed by atoms with Crippen LogP contribution in [0, 0.1) is 0 Å². The Morgan fingerprint density at radius 3 is 2.04 bits per heavy atom. The predicted molar refractivity (Wildman–Crippen MR) is 94.6 cm³/mol. The number of benzene rings is 1. The molecule has 0 aliphatic rings. The van der Waals surface area contributed by atoms with Crippen molar-refractivity contribution in [3.05, 3.63) is 29.8 Å². The van der Waals surface area contributed by atoms with Crippen molar-refractivity contribution in [2.24, 2.45) is 5.10 Å². The van der Waals surface area contributed by atoms with Gasteiger partial charge in [0.1, 0.15) is 0 Å².